The summed E-state index contributed by atoms with van der Waals surface area (Å²) in [6, 6.07) is 18.0. The van der Waals surface area contributed by atoms with E-state index in [1.807, 2.05) is 74.2 Å². The minimum atomic E-state index is -0.352. The highest BCUT2D eigenvalue weighted by Gasteiger charge is 2.30. The van der Waals surface area contributed by atoms with Crippen LogP contribution in [0.15, 0.2) is 54.6 Å². The highest BCUT2D eigenvalue weighted by atomic mass is 16.5. The second-order valence-corrected chi connectivity index (χ2v) is 9.96. The minimum Gasteiger partial charge on any atom is -0.462 e. The van der Waals surface area contributed by atoms with E-state index in [1.54, 1.807) is 0 Å². The molecule has 0 radical (unpaired) electrons. The van der Waals surface area contributed by atoms with Crippen LogP contribution in [0.5, 0.6) is 0 Å². The normalized spacial score (nSPS) is 15.9. The van der Waals surface area contributed by atoms with Gasteiger partial charge in [0.2, 0.25) is 0 Å². The van der Waals surface area contributed by atoms with Crippen molar-refractivity contribution in [3.8, 4) is 0 Å². The van der Waals surface area contributed by atoms with E-state index in [2.05, 4.69) is 26.6 Å². The Hall–Kier alpha value is -4.07. The van der Waals surface area contributed by atoms with Gasteiger partial charge in [-0.05, 0) is 82.0 Å². The number of nitrogens with one attached hydrogen (secondary N) is 2. The predicted octanol–water partition coefficient (Wildman–Crippen LogP) is 5.68. The molecule has 0 spiro atoms. The first-order chi connectivity index (χ1) is 18.4. The number of carbonyl (C=O) groups excluding carboxylic acids is 2. The first-order valence-corrected chi connectivity index (χ1v) is 13.3. The molecule has 198 valence electrons. The Bertz CT molecular complexity index is 1310. The van der Waals surface area contributed by atoms with Crippen molar-refractivity contribution in [3.05, 3.63) is 77.1 Å². The van der Waals surface area contributed by atoms with E-state index >= 15 is 0 Å². The summed E-state index contributed by atoms with van der Waals surface area (Å²) in [7, 11) is 0. The average Bonchev–Trinajstić information content (AvgIpc) is 3.06. The van der Waals surface area contributed by atoms with Crippen molar-refractivity contribution in [2.75, 3.05) is 41.8 Å². The molecule has 2 N–H and O–H groups in total. The molecule has 38 heavy (non-hydrogen) atoms. The molecule has 0 bridgehead atoms. The van der Waals surface area contributed by atoms with Crippen LogP contribution in [0.1, 0.15) is 47.1 Å². The van der Waals surface area contributed by atoms with Crippen LogP contribution in [-0.4, -0.2) is 54.2 Å². The van der Waals surface area contributed by atoms with Crippen molar-refractivity contribution < 1.29 is 14.3 Å². The number of pyridine rings is 1. The van der Waals surface area contributed by atoms with Gasteiger partial charge in [0.1, 0.15) is 0 Å². The van der Waals surface area contributed by atoms with Crippen LogP contribution in [0, 0.1) is 13.8 Å². The van der Waals surface area contributed by atoms with Gasteiger partial charge in [-0.15, -0.1) is 0 Å². The average molecular weight is 514 g/mol. The Labute approximate surface area is 224 Å². The molecule has 8 heteroatoms. The standard InChI is InChI=1S/C30H35N5O3/c1-4-38-29(36)26-19-25(9-10-28(26)32-23-17-20(2)31-21(3)18-23)34-14-12-24(13-15-34)35-16-11-22-7-5-6-8-27(22)33-30(35)37/h5-10,17-19,24H,4,11-16H2,1-3H3,(H,31,32)(H,33,37). The van der Waals surface area contributed by atoms with E-state index in [1.165, 1.54) is 5.56 Å². The number of aromatic nitrogens is 1. The Morgan fingerprint density at radius 1 is 1.05 bits per heavy atom. The Kier molecular flexibility index (Phi) is 7.49. The smallest absolute Gasteiger partial charge is 0.340 e. The van der Waals surface area contributed by atoms with Gasteiger partial charge in [-0.25, -0.2) is 9.59 Å². The number of aryl methyl sites for hydroxylation is 2. The third-order valence-electron chi connectivity index (χ3n) is 7.27. The number of rotatable bonds is 6. The van der Waals surface area contributed by atoms with Crippen LogP contribution >= 0.6 is 0 Å². The number of hydrogen-bond donors (Lipinski definition) is 2. The number of benzene rings is 2. The summed E-state index contributed by atoms with van der Waals surface area (Å²) in [5, 5.41) is 6.47. The lowest BCUT2D eigenvalue weighted by Crippen LogP contribution is -2.49. The highest BCUT2D eigenvalue weighted by Crippen LogP contribution is 2.31. The van der Waals surface area contributed by atoms with Crippen LogP contribution in [0.25, 0.3) is 0 Å². The molecular formula is C30H35N5O3. The molecular weight excluding hydrogens is 478 g/mol. The van der Waals surface area contributed by atoms with E-state index in [0.717, 1.165) is 67.3 Å². The second kappa shape index (κ2) is 11.1. The van der Waals surface area contributed by atoms with Gasteiger partial charge in [-0.2, -0.15) is 0 Å². The summed E-state index contributed by atoms with van der Waals surface area (Å²) >= 11 is 0. The van der Waals surface area contributed by atoms with Crippen LogP contribution < -0.4 is 15.5 Å². The Balaban J connectivity index is 1.30. The first-order valence-electron chi connectivity index (χ1n) is 13.3. The third-order valence-corrected chi connectivity index (χ3v) is 7.27. The number of urea groups is 1. The molecule has 0 unspecified atom stereocenters. The van der Waals surface area contributed by atoms with Crippen molar-refractivity contribution in [2.24, 2.45) is 0 Å². The zero-order valence-electron chi connectivity index (χ0n) is 22.3. The fourth-order valence-corrected chi connectivity index (χ4v) is 5.45. The second-order valence-electron chi connectivity index (χ2n) is 9.96. The maximum Gasteiger partial charge on any atom is 0.340 e. The zero-order valence-corrected chi connectivity index (χ0v) is 22.3. The van der Waals surface area contributed by atoms with Crippen molar-refractivity contribution in [2.45, 2.75) is 46.1 Å². The van der Waals surface area contributed by atoms with E-state index in [-0.39, 0.29) is 18.0 Å². The lowest BCUT2D eigenvalue weighted by Gasteiger charge is -2.39. The van der Waals surface area contributed by atoms with Gasteiger partial charge >= 0.3 is 12.0 Å². The fraction of sp³-hybridized carbons (Fsp3) is 0.367. The van der Waals surface area contributed by atoms with Crippen molar-refractivity contribution >= 4 is 34.7 Å². The highest BCUT2D eigenvalue weighted by molar-refractivity contribution is 5.98. The quantitative estimate of drug-likeness (QED) is 0.413. The van der Waals surface area contributed by atoms with Crippen molar-refractivity contribution in [1.82, 2.24) is 9.88 Å². The van der Waals surface area contributed by atoms with Crippen molar-refractivity contribution in [3.63, 3.8) is 0 Å². The van der Waals surface area contributed by atoms with Crippen molar-refractivity contribution in [1.29, 1.82) is 0 Å². The predicted molar refractivity (Wildman–Crippen MR) is 150 cm³/mol. The number of fused-ring (bicyclic) bond motifs is 1. The van der Waals surface area contributed by atoms with Gasteiger partial charge in [0.05, 0.1) is 17.9 Å². The molecule has 1 saturated heterocycles. The number of carbonyl (C=O) groups is 2. The van der Waals surface area contributed by atoms with Crippen LogP contribution in [0.3, 0.4) is 0 Å². The van der Waals surface area contributed by atoms with Gasteiger partial charge in [0.15, 0.2) is 0 Å². The van der Waals surface area contributed by atoms with Crippen LogP contribution in [0.4, 0.5) is 27.5 Å². The number of esters is 1. The summed E-state index contributed by atoms with van der Waals surface area (Å²) in [5.74, 6) is -0.352. The lowest BCUT2D eigenvalue weighted by atomic mass is 10.0. The number of anilines is 4. The maximum absolute atomic E-state index is 13.0. The minimum absolute atomic E-state index is 0.0185. The molecule has 1 aromatic heterocycles. The molecule has 2 aliphatic rings. The number of hydrogen-bond acceptors (Lipinski definition) is 6. The van der Waals surface area contributed by atoms with E-state index < -0.39 is 0 Å². The van der Waals surface area contributed by atoms with Crippen LogP contribution in [0.2, 0.25) is 0 Å². The topological polar surface area (TPSA) is 86.8 Å². The number of amides is 2. The molecule has 0 aliphatic carbocycles. The number of piperidine rings is 1. The molecule has 2 aliphatic heterocycles. The molecule has 5 rings (SSSR count). The zero-order chi connectivity index (χ0) is 26.6. The van der Waals surface area contributed by atoms with Crippen LogP contribution in [-0.2, 0) is 11.2 Å². The number of nitrogens with zero attached hydrogens (tertiary/aromatic N) is 3. The lowest BCUT2D eigenvalue weighted by molar-refractivity contribution is 0.0527. The Morgan fingerprint density at radius 2 is 1.79 bits per heavy atom. The SMILES string of the molecule is CCOC(=O)c1cc(N2CCC(N3CCc4ccccc4NC3=O)CC2)ccc1Nc1cc(C)nc(C)c1. The summed E-state index contributed by atoms with van der Waals surface area (Å²) < 4.78 is 5.38. The molecule has 0 atom stereocenters. The Morgan fingerprint density at radius 3 is 2.53 bits per heavy atom. The molecule has 2 amide bonds. The van der Waals surface area contributed by atoms with E-state index in [4.69, 9.17) is 4.74 Å². The molecule has 2 aromatic carbocycles. The van der Waals surface area contributed by atoms with Gasteiger partial charge in [-0.3, -0.25) is 4.98 Å². The number of para-hydroxylation sites is 1. The summed E-state index contributed by atoms with van der Waals surface area (Å²) in [6.07, 6.45) is 2.59. The van der Waals surface area contributed by atoms with E-state index in [0.29, 0.717) is 17.9 Å². The summed E-state index contributed by atoms with van der Waals surface area (Å²) in [6.45, 7) is 8.35. The summed E-state index contributed by atoms with van der Waals surface area (Å²) in [5.41, 5.74) is 6.97. The number of ether oxygens (including phenoxy) is 1. The fourth-order valence-electron chi connectivity index (χ4n) is 5.45. The summed E-state index contributed by atoms with van der Waals surface area (Å²) in [4.78, 5) is 34.6. The molecule has 8 nitrogen and oxygen atoms in total. The van der Waals surface area contributed by atoms with Gasteiger partial charge in [0.25, 0.3) is 0 Å². The largest absolute Gasteiger partial charge is 0.462 e. The molecule has 3 heterocycles. The monoisotopic (exact) mass is 513 g/mol. The molecule has 1 fully saturated rings. The molecule has 0 saturated carbocycles. The van der Waals surface area contributed by atoms with Gasteiger partial charge < -0.3 is 25.2 Å². The van der Waals surface area contributed by atoms with E-state index in [9.17, 15) is 9.59 Å². The van der Waals surface area contributed by atoms with Gasteiger partial charge in [-0.1, -0.05) is 18.2 Å². The maximum atomic E-state index is 13.0. The first kappa shape index (κ1) is 25.6. The van der Waals surface area contributed by atoms with Gasteiger partial charge in [0, 0.05) is 54.1 Å². The molecule has 3 aromatic rings. The third kappa shape index (κ3) is 5.59.